The Morgan fingerprint density at radius 2 is 1.85 bits per heavy atom. The van der Waals surface area contributed by atoms with E-state index in [9.17, 15) is 14.7 Å². The van der Waals surface area contributed by atoms with E-state index in [-0.39, 0.29) is 12.3 Å². The number of carbonyl (C=O) groups excluding carboxylic acids is 2. The summed E-state index contributed by atoms with van der Waals surface area (Å²) in [6.07, 6.45) is 1.39. The normalized spacial score (nSPS) is 17.0. The number of carboxylic acid groups (broad SMARTS) is 1. The Morgan fingerprint density at radius 3 is 2.46 bits per heavy atom. The Bertz CT molecular complexity index is 881. The smallest absolute Gasteiger partial charge is 0.266 e. The molecule has 1 aliphatic rings. The third kappa shape index (κ3) is 4.15. The lowest BCUT2D eigenvalue weighted by Crippen LogP contribution is -2.37. The first-order valence-corrected chi connectivity index (χ1v) is 9.33. The van der Waals surface area contributed by atoms with E-state index in [4.69, 9.17) is 23.8 Å². The van der Waals surface area contributed by atoms with Crippen LogP contribution in [0, 0.1) is 0 Å². The lowest BCUT2D eigenvalue weighted by atomic mass is 10.0. The highest BCUT2D eigenvalue weighted by Gasteiger charge is 2.37. The van der Waals surface area contributed by atoms with Crippen molar-refractivity contribution in [1.82, 2.24) is 4.90 Å². The average molecular weight is 403 g/mol. The molecule has 0 spiro atoms. The Kier molecular flexibility index (Phi) is 5.76. The second kappa shape index (κ2) is 8.03. The van der Waals surface area contributed by atoms with Crippen LogP contribution >= 0.6 is 35.6 Å². The maximum atomic E-state index is 12.9. The summed E-state index contributed by atoms with van der Waals surface area (Å²) in [4.78, 5) is 25.9. The molecule has 2 aromatic rings. The molecule has 26 heavy (non-hydrogen) atoms. The number of hydrogen-bond donors (Lipinski definition) is 0. The molecule has 1 heterocycles. The van der Waals surface area contributed by atoms with Crippen LogP contribution in [-0.2, 0) is 9.59 Å². The van der Waals surface area contributed by atoms with Crippen molar-refractivity contribution in [2.24, 2.45) is 0 Å². The van der Waals surface area contributed by atoms with Crippen LogP contribution in [0.1, 0.15) is 23.6 Å². The Balaban J connectivity index is 1.93. The zero-order valence-electron chi connectivity index (χ0n) is 13.4. The summed E-state index contributed by atoms with van der Waals surface area (Å²) in [6.45, 7) is 0. The van der Waals surface area contributed by atoms with Gasteiger partial charge in [-0.2, -0.15) is 0 Å². The van der Waals surface area contributed by atoms with Gasteiger partial charge in [-0.3, -0.25) is 9.69 Å². The van der Waals surface area contributed by atoms with Crippen LogP contribution in [0.15, 0.2) is 59.5 Å². The molecule has 0 aromatic heterocycles. The number of thioether (sulfide) groups is 1. The maximum Gasteiger partial charge on any atom is 0.266 e. The van der Waals surface area contributed by atoms with E-state index >= 15 is 0 Å². The minimum Gasteiger partial charge on any atom is -0.550 e. The quantitative estimate of drug-likeness (QED) is 0.566. The van der Waals surface area contributed by atoms with Crippen molar-refractivity contribution in [2.45, 2.75) is 12.5 Å². The summed E-state index contributed by atoms with van der Waals surface area (Å²) in [6, 6.07) is 15.3. The molecule has 4 nitrogen and oxygen atoms in total. The molecule has 0 radical (unpaired) electrons. The lowest BCUT2D eigenvalue weighted by Gasteiger charge is -2.27. The van der Waals surface area contributed by atoms with Crippen LogP contribution in [0.25, 0.3) is 6.08 Å². The van der Waals surface area contributed by atoms with Crippen LogP contribution in [0.2, 0.25) is 5.02 Å². The second-order valence-electron chi connectivity index (χ2n) is 5.61. The molecule has 1 amide bonds. The van der Waals surface area contributed by atoms with Crippen LogP contribution in [0.4, 0.5) is 0 Å². The monoisotopic (exact) mass is 402 g/mol. The van der Waals surface area contributed by atoms with Gasteiger partial charge in [-0.25, -0.2) is 0 Å². The maximum absolute atomic E-state index is 12.9. The van der Waals surface area contributed by atoms with Gasteiger partial charge in [0.2, 0.25) is 0 Å². The summed E-state index contributed by atoms with van der Waals surface area (Å²) >= 11 is 12.4. The number of carboxylic acids is 1. The Hall–Kier alpha value is -2.15. The van der Waals surface area contributed by atoms with Gasteiger partial charge in [-0.05, 0) is 29.3 Å². The zero-order chi connectivity index (χ0) is 18.7. The molecule has 3 rings (SSSR count). The molecule has 1 fully saturated rings. The van der Waals surface area contributed by atoms with Crippen molar-refractivity contribution in [3.05, 3.63) is 75.7 Å². The van der Waals surface area contributed by atoms with Gasteiger partial charge in [0.05, 0.1) is 10.9 Å². The van der Waals surface area contributed by atoms with Gasteiger partial charge in [0.25, 0.3) is 5.91 Å². The van der Waals surface area contributed by atoms with Crippen molar-refractivity contribution in [3.63, 3.8) is 0 Å². The van der Waals surface area contributed by atoms with E-state index in [1.807, 2.05) is 6.07 Å². The largest absolute Gasteiger partial charge is 0.550 e. The van der Waals surface area contributed by atoms with E-state index in [1.165, 1.54) is 4.90 Å². The van der Waals surface area contributed by atoms with Crippen LogP contribution in [0.5, 0.6) is 0 Å². The molecule has 0 saturated carbocycles. The fourth-order valence-electron chi connectivity index (χ4n) is 2.65. The number of thiocarbonyl (C=S) groups is 1. The summed E-state index contributed by atoms with van der Waals surface area (Å²) in [5.41, 5.74) is 1.51. The average Bonchev–Trinajstić information content (AvgIpc) is 2.89. The highest BCUT2D eigenvalue weighted by molar-refractivity contribution is 8.26. The zero-order valence-corrected chi connectivity index (χ0v) is 15.8. The van der Waals surface area contributed by atoms with E-state index in [0.29, 0.717) is 19.8 Å². The van der Waals surface area contributed by atoms with Crippen LogP contribution in [0.3, 0.4) is 0 Å². The minimum atomic E-state index is -1.24. The topological polar surface area (TPSA) is 60.4 Å². The number of amides is 1. The lowest BCUT2D eigenvalue weighted by molar-refractivity contribution is -0.306. The second-order valence-corrected chi connectivity index (χ2v) is 7.72. The van der Waals surface area contributed by atoms with Crippen molar-refractivity contribution < 1.29 is 14.7 Å². The molecule has 0 N–H and O–H groups in total. The summed E-state index contributed by atoms with van der Waals surface area (Å²) < 4.78 is 0.324. The number of halogens is 1. The number of nitrogens with zero attached hydrogens (tertiary/aromatic N) is 1. The third-order valence-electron chi connectivity index (χ3n) is 3.85. The van der Waals surface area contributed by atoms with Gasteiger partial charge in [0.15, 0.2) is 0 Å². The predicted molar refractivity (Wildman–Crippen MR) is 105 cm³/mol. The SMILES string of the molecule is O=C([O-])C[C@@H](c1ccccc1)N1C(=O)/C(=C/c2ccc(Cl)cc2)SC1=S. The molecule has 7 heteroatoms. The molecule has 0 bridgehead atoms. The molecule has 1 atom stereocenters. The van der Waals surface area contributed by atoms with Crippen LogP contribution < -0.4 is 5.11 Å². The van der Waals surface area contributed by atoms with Gasteiger partial charge in [-0.1, -0.05) is 78.0 Å². The van der Waals surface area contributed by atoms with E-state index in [0.717, 1.165) is 17.3 Å². The molecule has 2 aromatic carbocycles. The van der Waals surface area contributed by atoms with Gasteiger partial charge in [-0.15, -0.1) is 0 Å². The van der Waals surface area contributed by atoms with Gasteiger partial charge in [0.1, 0.15) is 4.32 Å². The van der Waals surface area contributed by atoms with Gasteiger partial charge in [0, 0.05) is 17.4 Å². The van der Waals surface area contributed by atoms with Crippen molar-refractivity contribution >= 4 is 57.9 Å². The highest BCUT2D eigenvalue weighted by atomic mass is 35.5. The number of carbonyl (C=O) groups is 2. The number of benzene rings is 2. The molecule has 1 aliphatic heterocycles. The van der Waals surface area contributed by atoms with Gasteiger partial charge >= 0.3 is 0 Å². The summed E-state index contributed by atoms with van der Waals surface area (Å²) in [5, 5.41) is 11.8. The van der Waals surface area contributed by atoms with E-state index in [2.05, 4.69) is 0 Å². The predicted octanol–water partition coefficient (Wildman–Crippen LogP) is 3.42. The molecule has 0 unspecified atom stereocenters. The standard InChI is InChI=1S/C19H14ClNO3S2/c20-14-8-6-12(7-9-14)10-16-18(24)21(19(25)26-16)15(11-17(22)23)13-4-2-1-3-5-13/h1-10,15H,11H2,(H,22,23)/p-1/b16-10-/t15-/m0/s1. The minimum absolute atomic E-state index is 0.315. The first kappa shape index (κ1) is 18.6. The molecule has 132 valence electrons. The first-order valence-electron chi connectivity index (χ1n) is 7.73. The van der Waals surface area contributed by atoms with Gasteiger partial charge < -0.3 is 9.90 Å². The molecule has 1 saturated heterocycles. The van der Waals surface area contributed by atoms with Crippen molar-refractivity contribution in [2.75, 3.05) is 0 Å². The molecular weight excluding hydrogens is 390 g/mol. The fraction of sp³-hybridized carbons (Fsp3) is 0.105. The number of aliphatic carboxylic acids is 1. The highest BCUT2D eigenvalue weighted by Crippen LogP contribution is 2.39. The van der Waals surface area contributed by atoms with Crippen molar-refractivity contribution in [1.29, 1.82) is 0 Å². The number of hydrogen-bond acceptors (Lipinski definition) is 5. The number of rotatable bonds is 5. The fourth-order valence-corrected chi connectivity index (χ4v) is 4.13. The van der Waals surface area contributed by atoms with E-state index in [1.54, 1.807) is 54.6 Å². The van der Waals surface area contributed by atoms with Crippen LogP contribution in [-0.4, -0.2) is 21.1 Å². The molecular formula is C19H13ClNO3S2-. The van der Waals surface area contributed by atoms with E-state index < -0.39 is 12.0 Å². The molecule has 0 aliphatic carbocycles. The third-order valence-corrected chi connectivity index (χ3v) is 5.43. The summed E-state index contributed by atoms with van der Waals surface area (Å²) in [7, 11) is 0. The van der Waals surface area contributed by atoms with Crippen molar-refractivity contribution in [3.8, 4) is 0 Å². The Morgan fingerprint density at radius 1 is 1.19 bits per heavy atom. The first-order chi connectivity index (χ1) is 12.5. The Labute approximate surface area is 165 Å². The summed E-state index contributed by atoms with van der Waals surface area (Å²) in [5.74, 6) is -1.56.